The van der Waals surface area contributed by atoms with Gasteiger partial charge in [-0.2, -0.15) is 0 Å². The first kappa shape index (κ1) is 21.3. The minimum atomic E-state index is -0.0887. The fourth-order valence-electron chi connectivity index (χ4n) is 3.22. The van der Waals surface area contributed by atoms with E-state index in [-0.39, 0.29) is 5.91 Å². The van der Waals surface area contributed by atoms with Crippen molar-refractivity contribution in [3.63, 3.8) is 0 Å². The average Bonchev–Trinajstić information content (AvgIpc) is 3.13. The van der Waals surface area contributed by atoms with Crippen LogP contribution in [0.5, 0.6) is 11.5 Å². The third-order valence-corrected chi connectivity index (χ3v) is 5.88. The first-order valence-corrected chi connectivity index (χ1v) is 11.0. The van der Waals surface area contributed by atoms with Crippen molar-refractivity contribution in [3.05, 3.63) is 50.8 Å². The van der Waals surface area contributed by atoms with Crippen LogP contribution in [0, 0.1) is 13.8 Å². The van der Waals surface area contributed by atoms with Gasteiger partial charge in [0.25, 0.3) is 5.91 Å². The van der Waals surface area contributed by atoms with Gasteiger partial charge in [-0.25, -0.2) is 0 Å². The molecule has 0 saturated carbocycles. The number of aryl methyl sites for hydroxylation is 2. The minimum Gasteiger partial charge on any atom is -0.490 e. The highest BCUT2D eigenvalue weighted by molar-refractivity contribution is 7.80. The third-order valence-electron chi connectivity index (χ3n) is 4.57. The molecule has 0 aliphatic carbocycles. The zero-order valence-electron chi connectivity index (χ0n) is 17.2. The van der Waals surface area contributed by atoms with Crippen molar-refractivity contribution in [2.45, 2.75) is 34.1 Å². The highest BCUT2D eigenvalue weighted by Crippen LogP contribution is 2.29. The maximum atomic E-state index is 12.8. The van der Waals surface area contributed by atoms with Gasteiger partial charge in [0.05, 0.1) is 13.2 Å². The average molecular weight is 431 g/mol. The van der Waals surface area contributed by atoms with Crippen molar-refractivity contribution in [2.24, 2.45) is 0 Å². The van der Waals surface area contributed by atoms with Crippen molar-refractivity contribution in [1.82, 2.24) is 10.2 Å². The van der Waals surface area contributed by atoms with Gasteiger partial charge in [-0.3, -0.25) is 9.69 Å². The van der Waals surface area contributed by atoms with Gasteiger partial charge in [-0.1, -0.05) is 6.07 Å². The highest BCUT2D eigenvalue weighted by Gasteiger charge is 2.30. The quantitative estimate of drug-likeness (QED) is 0.495. The molecule has 154 valence electrons. The molecule has 1 N–H and O–H groups in total. The second-order valence-corrected chi connectivity index (χ2v) is 8.56. The summed E-state index contributed by atoms with van der Waals surface area (Å²) in [5, 5.41) is 3.51. The second-order valence-electron chi connectivity index (χ2n) is 6.71. The van der Waals surface area contributed by atoms with Crippen LogP contribution in [-0.4, -0.2) is 35.7 Å². The number of rotatable bonds is 8. The molecular formula is C22H26N2O3S2. The zero-order chi connectivity index (χ0) is 21.0. The summed E-state index contributed by atoms with van der Waals surface area (Å²) in [5.41, 5.74) is 2.65. The lowest BCUT2D eigenvalue weighted by molar-refractivity contribution is -0.122. The molecule has 2 heterocycles. The van der Waals surface area contributed by atoms with Crippen molar-refractivity contribution >= 4 is 40.7 Å². The van der Waals surface area contributed by atoms with E-state index in [4.69, 9.17) is 21.7 Å². The summed E-state index contributed by atoms with van der Waals surface area (Å²) >= 11 is 7.12. The predicted octanol–water partition coefficient (Wildman–Crippen LogP) is 4.46. The lowest BCUT2D eigenvalue weighted by atomic mass is 10.1. The van der Waals surface area contributed by atoms with Crippen LogP contribution in [0.3, 0.4) is 0 Å². The number of thiophene rings is 1. The summed E-state index contributed by atoms with van der Waals surface area (Å²) in [6, 6.07) is 7.97. The van der Waals surface area contributed by atoms with E-state index in [1.807, 2.05) is 38.1 Å². The standard InChI is InChI=1S/C22H26N2O3S2/c1-5-26-19-8-7-16(12-20(19)27-6-2)9-10-24-21(25)18(23-22(24)28)13-17-11-14(3)29-15(17)4/h7-8,11-13H,5-6,9-10H2,1-4H3,(H,23,28)/b18-13+. The van der Waals surface area contributed by atoms with Crippen LogP contribution >= 0.6 is 23.6 Å². The van der Waals surface area contributed by atoms with Gasteiger partial charge in [0.1, 0.15) is 5.70 Å². The lowest BCUT2D eigenvalue weighted by Gasteiger charge is -2.15. The summed E-state index contributed by atoms with van der Waals surface area (Å²) in [5.74, 6) is 1.37. The molecule has 1 aromatic carbocycles. The number of nitrogens with zero attached hydrogens (tertiary/aromatic N) is 1. The van der Waals surface area contributed by atoms with Gasteiger partial charge in [0, 0.05) is 16.3 Å². The van der Waals surface area contributed by atoms with E-state index in [2.05, 4.69) is 25.2 Å². The van der Waals surface area contributed by atoms with Crippen LogP contribution in [0.15, 0.2) is 30.0 Å². The van der Waals surface area contributed by atoms with Gasteiger partial charge in [0.15, 0.2) is 16.6 Å². The minimum absolute atomic E-state index is 0.0887. The number of carbonyl (C=O) groups excluding carboxylic acids is 1. The Morgan fingerprint density at radius 1 is 1.14 bits per heavy atom. The summed E-state index contributed by atoms with van der Waals surface area (Å²) in [7, 11) is 0. The van der Waals surface area contributed by atoms with Crippen LogP contribution in [0.25, 0.3) is 6.08 Å². The number of amides is 1. The molecule has 1 aliphatic rings. The maximum Gasteiger partial charge on any atom is 0.276 e. The predicted molar refractivity (Wildman–Crippen MR) is 122 cm³/mol. The highest BCUT2D eigenvalue weighted by atomic mass is 32.1. The van der Waals surface area contributed by atoms with Crippen LogP contribution in [0.4, 0.5) is 0 Å². The van der Waals surface area contributed by atoms with Gasteiger partial charge in [-0.05, 0) is 81.7 Å². The number of thiocarbonyl (C=S) groups is 1. The van der Waals surface area contributed by atoms with Crippen molar-refractivity contribution in [1.29, 1.82) is 0 Å². The summed E-state index contributed by atoms with van der Waals surface area (Å²) < 4.78 is 11.3. The Bertz CT molecular complexity index is 950. The molecule has 5 nitrogen and oxygen atoms in total. The topological polar surface area (TPSA) is 50.8 Å². The third kappa shape index (κ3) is 4.97. The fraction of sp³-hybridized carbons (Fsp3) is 0.364. The van der Waals surface area contributed by atoms with E-state index in [1.54, 1.807) is 16.2 Å². The van der Waals surface area contributed by atoms with E-state index >= 15 is 0 Å². The Kier molecular flexibility index (Phi) is 6.92. The Labute approximate surface area is 181 Å². The molecule has 1 amide bonds. The van der Waals surface area contributed by atoms with Gasteiger partial charge in [-0.15, -0.1) is 11.3 Å². The summed E-state index contributed by atoms with van der Waals surface area (Å²) in [4.78, 5) is 16.9. The monoisotopic (exact) mass is 430 g/mol. The van der Waals surface area contributed by atoms with Gasteiger partial charge in [0.2, 0.25) is 0 Å². The van der Waals surface area contributed by atoms with Crippen molar-refractivity contribution in [3.8, 4) is 11.5 Å². The maximum absolute atomic E-state index is 12.8. The number of ether oxygens (including phenoxy) is 2. The summed E-state index contributed by atoms with van der Waals surface area (Å²) in [6.45, 7) is 9.66. The molecule has 2 aromatic rings. The molecule has 29 heavy (non-hydrogen) atoms. The van der Waals surface area contributed by atoms with Gasteiger partial charge < -0.3 is 14.8 Å². The Hall–Kier alpha value is -2.38. The molecular weight excluding hydrogens is 404 g/mol. The smallest absolute Gasteiger partial charge is 0.276 e. The summed E-state index contributed by atoms with van der Waals surface area (Å²) in [6.07, 6.45) is 2.56. The molecule has 3 rings (SSSR count). The largest absolute Gasteiger partial charge is 0.490 e. The SMILES string of the molecule is CCOc1ccc(CCN2C(=O)/C(=C\c3cc(C)sc3C)NC2=S)cc1OCC. The van der Waals surface area contributed by atoms with Crippen LogP contribution < -0.4 is 14.8 Å². The molecule has 0 radical (unpaired) electrons. The molecule has 0 atom stereocenters. The fourth-order valence-corrected chi connectivity index (χ4v) is 4.40. The number of carbonyl (C=O) groups is 1. The van der Waals surface area contributed by atoms with Crippen LogP contribution in [0.1, 0.15) is 34.7 Å². The van der Waals surface area contributed by atoms with E-state index in [0.717, 1.165) is 22.6 Å². The molecule has 0 unspecified atom stereocenters. The molecule has 1 saturated heterocycles. The molecule has 1 fully saturated rings. The van der Waals surface area contributed by atoms with Crippen molar-refractivity contribution in [2.75, 3.05) is 19.8 Å². The number of nitrogens with one attached hydrogen (secondary N) is 1. The molecule has 7 heteroatoms. The van der Waals surface area contributed by atoms with E-state index < -0.39 is 0 Å². The molecule has 0 spiro atoms. The molecule has 0 bridgehead atoms. The molecule has 1 aromatic heterocycles. The van der Waals surface area contributed by atoms with Crippen LogP contribution in [0.2, 0.25) is 0 Å². The van der Waals surface area contributed by atoms with E-state index in [9.17, 15) is 4.79 Å². The second kappa shape index (κ2) is 9.41. The van der Waals surface area contributed by atoms with E-state index in [1.165, 1.54) is 9.75 Å². The van der Waals surface area contributed by atoms with E-state index in [0.29, 0.717) is 37.0 Å². The number of hydrogen-bond acceptors (Lipinski definition) is 5. The Morgan fingerprint density at radius 2 is 1.86 bits per heavy atom. The Balaban J connectivity index is 1.71. The molecule has 1 aliphatic heterocycles. The van der Waals surface area contributed by atoms with Crippen LogP contribution in [-0.2, 0) is 11.2 Å². The number of hydrogen-bond donors (Lipinski definition) is 1. The first-order chi connectivity index (χ1) is 13.9. The zero-order valence-corrected chi connectivity index (χ0v) is 18.8. The van der Waals surface area contributed by atoms with Gasteiger partial charge >= 0.3 is 0 Å². The van der Waals surface area contributed by atoms with Crippen molar-refractivity contribution < 1.29 is 14.3 Å². The normalized spacial score (nSPS) is 15.2. The lowest BCUT2D eigenvalue weighted by Crippen LogP contribution is -2.32. The number of benzene rings is 1. The first-order valence-electron chi connectivity index (χ1n) is 9.73. The Morgan fingerprint density at radius 3 is 2.52 bits per heavy atom.